The predicted octanol–water partition coefficient (Wildman–Crippen LogP) is 3.66. The van der Waals surface area contributed by atoms with E-state index in [-0.39, 0.29) is 0 Å². The van der Waals surface area contributed by atoms with E-state index < -0.39 is 0 Å². The number of pyridine rings is 1. The minimum absolute atomic E-state index is 0.664. The van der Waals surface area contributed by atoms with Gasteiger partial charge in [-0.15, -0.1) is 0 Å². The number of nitrogens with zero attached hydrogens (tertiary/aromatic N) is 3. The summed E-state index contributed by atoms with van der Waals surface area (Å²) in [5.41, 5.74) is 2.01. The Labute approximate surface area is 171 Å². The molecule has 27 heavy (non-hydrogen) atoms. The topological polar surface area (TPSA) is 40.6 Å². The molecule has 1 aliphatic heterocycles. The summed E-state index contributed by atoms with van der Waals surface area (Å²) in [5, 5.41) is 4.64. The smallest absolute Gasteiger partial charge is 0.173 e. The van der Waals surface area contributed by atoms with Crippen molar-refractivity contribution in [3.63, 3.8) is 0 Å². The van der Waals surface area contributed by atoms with E-state index in [0.29, 0.717) is 10.1 Å². The Kier molecular flexibility index (Phi) is 7.83. The molecule has 0 aliphatic carbocycles. The Hall–Kier alpha value is -1.73. The Morgan fingerprint density at radius 2 is 1.93 bits per heavy atom. The summed E-state index contributed by atoms with van der Waals surface area (Å²) in [4.78, 5) is 8.73. The molecule has 0 atom stereocenters. The van der Waals surface area contributed by atoms with Crippen LogP contribution >= 0.6 is 23.8 Å². The largest absolute Gasteiger partial charge is 0.379 e. The van der Waals surface area contributed by atoms with Crippen molar-refractivity contribution < 1.29 is 4.74 Å². The molecule has 2 aromatic rings. The summed E-state index contributed by atoms with van der Waals surface area (Å²) in [7, 11) is 0. The van der Waals surface area contributed by atoms with E-state index in [2.05, 4.69) is 20.1 Å². The molecule has 0 amide bonds. The number of benzene rings is 1. The maximum Gasteiger partial charge on any atom is 0.173 e. The van der Waals surface area contributed by atoms with Gasteiger partial charge in [-0.3, -0.25) is 9.88 Å². The van der Waals surface area contributed by atoms with Crippen LogP contribution in [0.15, 0.2) is 48.8 Å². The molecule has 1 aromatic heterocycles. The fraction of sp³-hybridized carbons (Fsp3) is 0.400. The van der Waals surface area contributed by atoms with Crippen molar-refractivity contribution >= 4 is 34.6 Å². The number of ether oxygens (including phenoxy) is 1. The van der Waals surface area contributed by atoms with Crippen molar-refractivity contribution in [1.82, 2.24) is 14.8 Å². The molecule has 7 heteroatoms. The van der Waals surface area contributed by atoms with E-state index in [1.807, 2.05) is 48.8 Å². The summed E-state index contributed by atoms with van der Waals surface area (Å²) in [6, 6.07) is 11.7. The number of aromatic nitrogens is 1. The number of rotatable bonds is 7. The first-order valence-corrected chi connectivity index (χ1v) is 10.0. The molecule has 0 bridgehead atoms. The number of nitrogens with one attached hydrogen (secondary N) is 1. The van der Waals surface area contributed by atoms with Crippen LogP contribution in [0.2, 0.25) is 5.02 Å². The van der Waals surface area contributed by atoms with Crippen molar-refractivity contribution in [1.29, 1.82) is 0 Å². The molecule has 1 fully saturated rings. The molecule has 5 nitrogen and oxygen atoms in total. The third-order valence-corrected chi connectivity index (χ3v) is 5.22. The highest BCUT2D eigenvalue weighted by Gasteiger charge is 2.14. The average Bonchev–Trinajstić information content (AvgIpc) is 2.70. The Bertz CT molecular complexity index is 725. The van der Waals surface area contributed by atoms with Gasteiger partial charge in [0.1, 0.15) is 0 Å². The van der Waals surface area contributed by atoms with Gasteiger partial charge in [0.05, 0.1) is 23.9 Å². The zero-order chi connectivity index (χ0) is 18.9. The van der Waals surface area contributed by atoms with Crippen molar-refractivity contribution in [2.24, 2.45) is 0 Å². The zero-order valence-electron chi connectivity index (χ0n) is 15.3. The van der Waals surface area contributed by atoms with Gasteiger partial charge in [0, 0.05) is 45.1 Å². The summed E-state index contributed by atoms with van der Waals surface area (Å²) in [5.74, 6) is 0. The quantitative estimate of drug-likeness (QED) is 0.710. The predicted molar refractivity (Wildman–Crippen MR) is 114 cm³/mol. The monoisotopic (exact) mass is 404 g/mol. The third kappa shape index (κ3) is 6.43. The fourth-order valence-electron chi connectivity index (χ4n) is 3.03. The van der Waals surface area contributed by atoms with E-state index in [0.717, 1.165) is 58.0 Å². The van der Waals surface area contributed by atoms with Crippen LogP contribution in [0.25, 0.3) is 0 Å². The maximum atomic E-state index is 6.27. The molecule has 3 rings (SSSR count). The number of hydrogen-bond donors (Lipinski definition) is 1. The van der Waals surface area contributed by atoms with Crippen LogP contribution in [0.5, 0.6) is 0 Å². The number of halogens is 1. The lowest BCUT2D eigenvalue weighted by Gasteiger charge is -2.29. The lowest BCUT2D eigenvalue weighted by molar-refractivity contribution is 0.0368. The van der Waals surface area contributed by atoms with Gasteiger partial charge >= 0.3 is 0 Å². The first-order chi connectivity index (χ1) is 13.2. The summed E-state index contributed by atoms with van der Waals surface area (Å²) >= 11 is 12.0. The fourth-order valence-corrected chi connectivity index (χ4v) is 3.48. The van der Waals surface area contributed by atoms with E-state index in [9.17, 15) is 0 Å². The molecule has 2 heterocycles. The van der Waals surface area contributed by atoms with Crippen LogP contribution in [-0.2, 0) is 11.3 Å². The molecular weight excluding hydrogens is 380 g/mol. The van der Waals surface area contributed by atoms with Gasteiger partial charge in [0.25, 0.3) is 0 Å². The first-order valence-electron chi connectivity index (χ1n) is 9.22. The minimum Gasteiger partial charge on any atom is -0.379 e. The van der Waals surface area contributed by atoms with Gasteiger partial charge in [-0.05, 0) is 48.5 Å². The number of morpholine rings is 1. The Balaban J connectivity index is 1.61. The lowest BCUT2D eigenvalue weighted by atomic mass is 10.2. The van der Waals surface area contributed by atoms with Crippen molar-refractivity contribution in [3.05, 3.63) is 59.4 Å². The first kappa shape index (κ1) is 20.0. The van der Waals surface area contributed by atoms with Crippen molar-refractivity contribution in [3.8, 4) is 0 Å². The van der Waals surface area contributed by atoms with E-state index in [4.69, 9.17) is 28.6 Å². The summed E-state index contributed by atoms with van der Waals surface area (Å²) in [6.45, 7) is 6.32. The second-order valence-electron chi connectivity index (χ2n) is 6.49. The third-order valence-electron chi connectivity index (χ3n) is 4.53. The number of para-hydroxylation sites is 1. The summed E-state index contributed by atoms with van der Waals surface area (Å²) in [6.07, 6.45) is 4.66. The van der Waals surface area contributed by atoms with Crippen LogP contribution in [0.3, 0.4) is 0 Å². The normalized spacial score (nSPS) is 14.7. The molecule has 1 N–H and O–H groups in total. The molecule has 1 aromatic carbocycles. The molecule has 1 aliphatic rings. The van der Waals surface area contributed by atoms with Crippen LogP contribution in [-0.4, -0.2) is 59.3 Å². The molecule has 0 spiro atoms. The highest BCUT2D eigenvalue weighted by atomic mass is 35.5. The number of anilines is 1. The second-order valence-corrected chi connectivity index (χ2v) is 7.29. The van der Waals surface area contributed by atoms with Gasteiger partial charge in [-0.1, -0.05) is 23.7 Å². The molecular formula is C20H25ClN4OS. The number of hydrogen-bond acceptors (Lipinski definition) is 4. The van der Waals surface area contributed by atoms with Crippen LogP contribution in [0.1, 0.15) is 12.0 Å². The van der Waals surface area contributed by atoms with Gasteiger partial charge < -0.3 is 15.0 Å². The maximum absolute atomic E-state index is 6.27. The van der Waals surface area contributed by atoms with E-state index >= 15 is 0 Å². The lowest BCUT2D eigenvalue weighted by Crippen LogP contribution is -2.40. The van der Waals surface area contributed by atoms with Crippen molar-refractivity contribution in [2.45, 2.75) is 13.0 Å². The standard InChI is InChI=1S/C20H25ClN4OS/c21-18-4-1-2-5-19(18)23-20(27)25(16-17-6-8-22-9-7-17)11-3-10-24-12-14-26-15-13-24/h1-2,4-9H,3,10-16H2,(H,23,27). The highest BCUT2D eigenvalue weighted by molar-refractivity contribution is 7.80. The summed E-state index contributed by atoms with van der Waals surface area (Å²) < 4.78 is 5.42. The van der Waals surface area contributed by atoms with E-state index in [1.165, 1.54) is 5.56 Å². The second kappa shape index (κ2) is 10.6. The van der Waals surface area contributed by atoms with Crippen LogP contribution < -0.4 is 5.32 Å². The van der Waals surface area contributed by atoms with Crippen LogP contribution in [0.4, 0.5) is 5.69 Å². The molecule has 0 unspecified atom stereocenters. The minimum atomic E-state index is 0.664. The van der Waals surface area contributed by atoms with Gasteiger partial charge in [-0.25, -0.2) is 0 Å². The van der Waals surface area contributed by atoms with Gasteiger partial charge in [0.2, 0.25) is 0 Å². The number of thiocarbonyl (C=S) groups is 1. The molecule has 144 valence electrons. The van der Waals surface area contributed by atoms with Gasteiger partial charge in [-0.2, -0.15) is 0 Å². The Morgan fingerprint density at radius 1 is 1.19 bits per heavy atom. The zero-order valence-corrected chi connectivity index (χ0v) is 16.9. The SMILES string of the molecule is S=C(Nc1ccccc1Cl)N(CCCN1CCOCC1)Cc1ccncc1. The average molecular weight is 405 g/mol. The molecule has 0 radical (unpaired) electrons. The van der Waals surface area contributed by atoms with Crippen LogP contribution in [0, 0.1) is 0 Å². The van der Waals surface area contributed by atoms with E-state index in [1.54, 1.807) is 0 Å². The molecule has 1 saturated heterocycles. The van der Waals surface area contributed by atoms with Crippen molar-refractivity contribution in [2.75, 3.05) is 44.7 Å². The highest BCUT2D eigenvalue weighted by Crippen LogP contribution is 2.21. The van der Waals surface area contributed by atoms with Gasteiger partial charge in [0.15, 0.2) is 5.11 Å². The molecule has 0 saturated carbocycles. The Morgan fingerprint density at radius 3 is 2.67 bits per heavy atom.